The topological polar surface area (TPSA) is 87.9 Å². The molecule has 2 rings (SSSR count). The van der Waals surface area contributed by atoms with E-state index in [9.17, 15) is 4.79 Å². The zero-order valence-electron chi connectivity index (χ0n) is 14.2. The van der Waals surface area contributed by atoms with Crippen LogP contribution in [0.2, 0.25) is 0 Å². The Morgan fingerprint density at radius 3 is 2.56 bits per heavy atom. The van der Waals surface area contributed by atoms with Gasteiger partial charge in [0.05, 0.1) is 26.5 Å². The predicted octanol–water partition coefficient (Wildman–Crippen LogP) is 3.33. The molecule has 0 aliphatic rings. The molecule has 2 aromatic rings. The molecule has 25 heavy (non-hydrogen) atoms. The molecule has 1 heterocycles. The summed E-state index contributed by atoms with van der Waals surface area (Å²) in [4.78, 5) is 15.7. The number of benzene rings is 1. The van der Waals surface area contributed by atoms with Gasteiger partial charge in [-0.2, -0.15) is 0 Å². The standard InChI is InChI=1S/C17H22N4O3.HI/c1-3-18-16(20-12-15-5-4-10-24-15)19-11-13-6-8-14(9-7-13)21-17(22)23-2;/h4-10H,3,11-12H2,1-2H3,(H,21,22)(H2,18,19,20);1H. The number of rotatable bonds is 6. The van der Waals surface area contributed by atoms with Crippen LogP contribution < -0.4 is 16.0 Å². The number of aliphatic imine (C=N–C) groups is 1. The molecule has 8 heteroatoms. The molecule has 1 amide bonds. The third-order valence-electron chi connectivity index (χ3n) is 3.16. The van der Waals surface area contributed by atoms with Gasteiger partial charge in [-0.3, -0.25) is 5.32 Å². The van der Waals surface area contributed by atoms with Crippen molar-refractivity contribution in [2.75, 3.05) is 19.0 Å². The van der Waals surface area contributed by atoms with E-state index in [4.69, 9.17) is 4.42 Å². The Hall–Kier alpha value is -2.23. The van der Waals surface area contributed by atoms with E-state index in [1.54, 1.807) is 6.26 Å². The van der Waals surface area contributed by atoms with Crippen LogP contribution in [0.1, 0.15) is 18.2 Å². The van der Waals surface area contributed by atoms with Crippen molar-refractivity contribution < 1.29 is 13.9 Å². The Kier molecular flexibility index (Phi) is 9.45. The summed E-state index contributed by atoms with van der Waals surface area (Å²) in [5, 5.41) is 9.00. The van der Waals surface area contributed by atoms with Crippen LogP contribution in [-0.2, 0) is 17.8 Å². The first-order valence-electron chi connectivity index (χ1n) is 7.69. The van der Waals surface area contributed by atoms with Crippen molar-refractivity contribution in [3.05, 3.63) is 54.0 Å². The fourth-order valence-corrected chi connectivity index (χ4v) is 1.96. The quantitative estimate of drug-likeness (QED) is 0.351. The second-order valence-corrected chi connectivity index (χ2v) is 4.94. The van der Waals surface area contributed by atoms with Crippen molar-refractivity contribution in [1.29, 1.82) is 0 Å². The van der Waals surface area contributed by atoms with Gasteiger partial charge in [-0.15, -0.1) is 24.0 Å². The lowest BCUT2D eigenvalue weighted by molar-refractivity contribution is 0.187. The summed E-state index contributed by atoms with van der Waals surface area (Å²) >= 11 is 0. The van der Waals surface area contributed by atoms with Gasteiger partial charge in [0, 0.05) is 12.2 Å². The Morgan fingerprint density at radius 1 is 1.20 bits per heavy atom. The number of nitrogens with one attached hydrogen (secondary N) is 3. The molecule has 0 radical (unpaired) electrons. The smallest absolute Gasteiger partial charge is 0.411 e. The second kappa shape index (κ2) is 11.3. The third-order valence-corrected chi connectivity index (χ3v) is 3.16. The van der Waals surface area contributed by atoms with Crippen molar-refractivity contribution in [2.24, 2.45) is 4.99 Å². The number of guanidine groups is 1. The summed E-state index contributed by atoms with van der Waals surface area (Å²) in [6.45, 7) is 3.87. The largest absolute Gasteiger partial charge is 0.467 e. The minimum atomic E-state index is -0.489. The average Bonchev–Trinajstić information content (AvgIpc) is 3.12. The monoisotopic (exact) mass is 458 g/mol. The van der Waals surface area contributed by atoms with Crippen LogP contribution in [0.5, 0.6) is 0 Å². The van der Waals surface area contributed by atoms with E-state index in [1.165, 1.54) is 7.11 Å². The fraction of sp³-hybridized carbons (Fsp3) is 0.294. The molecule has 136 valence electrons. The molecule has 0 aliphatic carbocycles. The molecule has 0 bridgehead atoms. The first-order chi connectivity index (χ1) is 11.7. The molecule has 0 unspecified atom stereocenters. The number of nitrogens with zero attached hydrogens (tertiary/aromatic N) is 1. The molecule has 3 N–H and O–H groups in total. The van der Waals surface area contributed by atoms with Gasteiger partial charge in [-0.1, -0.05) is 12.1 Å². The predicted molar refractivity (Wildman–Crippen MR) is 108 cm³/mol. The molecule has 0 atom stereocenters. The molecule has 0 fully saturated rings. The van der Waals surface area contributed by atoms with E-state index in [-0.39, 0.29) is 24.0 Å². The van der Waals surface area contributed by atoms with E-state index in [0.29, 0.717) is 24.7 Å². The van der Waals surface area contributed by atoms with Crippen molar-refractivity contribution in [1.82, 2.24) is 10.6 Å². The number of carbonyl (C=O) groups is 1. The molecule has 0 aliphatic heterocycles. The highest BCUT2D eigenvalue weighted by atomic mass is 127. The Balaban J connectivity index is 0.00000312. The van der Waals surface area contributed by atoms with Crippen LogP contribution >= 0.6 is 24.0 Å². The summed E-state index contributed by atoms with van der Waals surface area (Å²) in [5.74, 6) is 1.56. The molecule has 1 aromatic carbocycles. The number of ether oxygens (including phenoxy) is 1. The summed E-state index contributed by atoms with van der Waals surface area (Å²) < 4.78 is 9.84. The highest BCUT2D eigenvalue weighted by Gasteiger charge is 2.02. The SMILES string of the molecule is CCNC(=NCc1ccc(NC(=O)OC)cc1)NCc1ccco1.I. The Labute approximate surface area is 164 Å². The number of furan rings is 1. The third kappa shape index (κ3) is 7.46. The van der Waals surface area contributed by atoms with Crippen LogP contribution in [0.4, 0.5) is 10.5 Å². The number of hydrogen-bond acceptors (Lipinski definition) is 4. The van der Waals surface area contributed by atoms with E-state index in [1.807, 2.05) is 43.3 Å². The van der Waals surface area contributed by atoms with Gasteiger partial charge < -0.3 is 19.8 Å². The highest BCUT2D eigenvalue weighted by molar-refractivity contribution is 14.0. The van der Waals surface area contributed by atoms with Gasteiger partial charge in [-0.25, -0.2) is 9.79 Å². The van der Waals surface area contributed by atoms with Crippen LogP contribution in [0.15, 0.2) is 52.1 Å². The maximum absolute atomic E-state index is 11.1. The first-order valence-corrected chi connectivity index (χ1v) is 7.69. The second-order valence-electron chi connectivity index (χ2n) is 4.94. The lowest BCUT2D eigenvalue weighted by Crippen LogP contribution is -2.36. The number of amides is 1. The van der Waals surface area contributed by atoms with E-state index >= 15 is 0 Å². The normalized spacial score (nSPS) is 10.6. The van der Waals surface area contributed by atoms with Crippen LogP contribution in [0.3, 0.4) is 0 Å². The number of hydrogen-bond donors (Lipinski definition) is 3. The molecule has 0 saturated carbocycles. The molecular formula is C17H23IN4O3. The number of halogens is 1. The molecular weight excluding hydrogens is 435 g/mol. The Bertz CT molecular complexity index is 657. The summed E-state index contributed by atoms with van der Waals surface area (Å²) in [7, 11) is 1.33. The van der Waals surface area contributed by atoms with Crippen LogP contribution in [0.25, 0.3) is 0 Å². The molecule has 1 aromatic heterocycles. The van der Waals surface area contributed by atoms with Crippen molar-refractivity contribution in [3.8, 4) is 0 Å². The first kappa shape index (κ1) is 20.8. The van der Waals surface area contributed by atoms with E-state index < -0.39 is 6.09 Å². The zero-order chi connectivity index (χ0) is 17.2. The maximum atomic E-state index is 11.1. The molecule has 7 nitrogen and oxygen atoms in total. The molecule has 0 spiro atoms. The van der Waals surface area contributed by atoms with Gasteiger partial charge in [0.2, 0.25) is 0 Å². The minimum absolute atomic E-state index is 0. The van der Waals surface area contributed by atoms with E-state index in [2.05, 4.69) is 25.7 Å². The number of methoxy groups -OCH3 is 1. The molecule has 0 saturated heterocycles. The number of carbonyl (C=O) groups excluding carboxylic acids is 1. The average molecular weight is 458 g/mol. The summed E-state index contributed by atoms with van der Waals surface area (Å²) in [6, 6.07) is 11.2. The van der Waals surface area contributed by atoms with Gasteiger partial charge in [-0.05, 0) is 36.8 Å². The van der Waals surface area contributed by atoms with Gasteiger partial charge in [0.15, 0.2) is 5.96 Å². The highest BCUT2D eigenvalue weighted by Crippen LogP contribution is 2.10. The van der Waals surface area contributed by atoms with Gasteiger partial charge >= 0.3 is 6.09 Å². The van der Waals surface area contributed by atoms with E-state index in [0.717, 1.165) is 17.9 Å². The lowest BCUT2D eigenvalue weighted by Gasteiger charge is -2.10. The van der Waals surface area contributed by atoms with Crippen molar-refractivity contribution in [2.45, 2.75) is 20.0 Å². The lowest BCUT2D eigenvalue weighted by atomic mass is 10.2. The van der Waals surface area contributed by atoms with Crippen LogP contribution in [-0.4, -0.2) is 25.7 Å². The fourth-order valence-electron chi connectivity index (χ4n) is 1.96. The maximum Gasteiger partial charge on any atom is 0.411 e. The summed E-state index contributed by atoms with van der Waals surface area (Å²) in [5.41, 5.74) is 1.71. The van der Waals surface area contributed by atoms with Crippen molar-refractivity contribution in [3.63, 3.8) is 0 Å². The van der Waals surface area contributed by atoms with Crippen LogP contribution in [0, 0.1) is 0 Å². The zero-order valence-corrected chi connectivity index (χ0v) is 16.6. The van der Waals surface area contributed by atoms with Gasteiger partial charge in [0.1, 0.15) is 5.76 Å². The number of anilines is 1. The summed E-state index contributed by atoms with van der Waals surface area (Å²) in [6.07, 6.45) is 1.16. The van der Waals surface area contributed by atoms with Gasteiger partial charge in [0.25, 0.3) is 0 Å². The minimum Gasteiger partial charge on any atom is -0.467 e. The van der Waals surface area contributed by atoms with Crippen molar-refractivity contribution >= 4 is 41.7 Å². The Morgan fingerprint density at radius 2 is 1.96 bits per heavy atom.